The maximum absolute atomic E-state index is 10.6. The molecule has 0 amide bonds. The lowest BCUT2D eigenvalue weighted by Crippen LogP contribution is -2.29. The standard InChI is InChI=1S/C7H8O4/c8-6(9)4-1-3-2-5(4)7(10)11-3/h3-5H,1-2H2,(H,8,9)/p+1. The zero-order valence-electron chi connectivity index (χ0n) is 5.86. The molecule has 2 bridgehead atoms. The van der Waals surface area contributed by atoms with E-state index in [-0.39, 0.29) is 18.0 Å². The van der Waals surface area contributed by atoms with Crippen LogP contribution in [0, 0.1) is 11.8 Å². The highest BCUT2D eigenvalue weighted by Crippen LogP contribution is 2.40. The first-order valence-electron chi connectivity index (χ1n) is 3.63. The van der Waals surface area contributed by atoms with Gasteiger partial charge in [0.25, 0.3) is 0 Å². The highest BCUT2D eigenvalue weighted by molar-refractivity contribution is 5.84. The van der Waals surface area contributed by atoms with E-state index in [1.807, 2.05) is 0 Å². The van der Waals surface area contributed by atoms with Gasteiger partial charge in [-0.1, -0.05) is 0 Å². The summed E-state index contributed by atoms with van der Waals surface area (Å²) < 4.78 is 4.95. The molecule has 3 unspecified atom stereocenters. The van der Waals surface area contributed by atoms with E-state index in [0.29, 0.717) is 12.8 Å². The van der Waals surface area contributed by atoms with E-state index in [2.05, 4.69) is 0 Å². The van der Waals surface area contributed by atoms with Gasteiger partial charge in [0.15, 0.2) is 6.10 Å². The van der Waals surface area contributed by atoms with E-state index in [4.69, 9.17) is 14.6 Å². The van der Waals surface area contributed by atoms with Crippen LogP contribution in [0.25, 0.3) is 0 Å². The molecular formula is C7H9O4+. The third-order valence-corrected chi connectivity index (χ3v) is 2.44. The minimum atomic E-state index is -0.827. The molecule has 1 saturated heterocycles. The Morgan fingerprint density at radius 3 is 2.73 bits per heavy atom. The Kier molecular flexibility index (Phi) is 1.19. The monoisotopic (exact) mass is 157 g/mol. The number of carboxylic acids is 1. The second-order valence-electron chi connectivity index (χ2n) is 3.10. The van der Waals surface area contributed by atoms with Crippen molar-refractivity contribution in [2.24, 2.45) is 11.8 Å². The minimum absolute atomic E-state index is 0.0545. The summed E-state index contributed by atoms with van der Waals surface area (Å²) in [7, 11) is 0. The molecule has 1 aliphatic carbocycles. The number of carboxylic acid groups (broad SMARTS) is 1. The average Bonchev–Trinajstić information content (AvgIpc) is 2.43. The van der Waals surface area contributed by atoms with Crippen molar-refractivity contribution in [1.82, 2.24) is 0 Å². The van der Waals surface area contributed by atoms with Gasteiger partial charge in [0.05, 0.1) is 5.92 Å². The van der Waals surface area contributed by atoms with Crippen molar-refractivity contribution in [3.8, 4) is 0 Å². The van der Waals surface area contributed by atoms with Crippen LogP contribution in [-0.4, -0.2) is 27.9 Å². The zero-order chi connectivity index (χ0) is 8.01. The van der Waals surface area contributed by atoms with Crippen LogP contribution in [-0.2, 0) is 9.53 Å². The molecule has 4 heteroatoms. The molecule has 60 valence electrons. The van der Waals surface area contributed by atoms with Gasteiger partial charge >= 0.3 is 11.9 Å². The molecule has 0 spiro atoms. The van der Waals surface area contributed by atoms with Crippen LogP contribution in [0.5, 0.6) is 0 Å². The van der Waals surface area contributed by atoms with Crippen LogP contribution < -0.4 is 0 Å². The predicted octanol–water partition coefficient (Wildman–Crippen LogP) is -0.00160. The molecule has 2 aliphatic rings. The fourth-order valence-electron chi connectivity index (χ4n) is 1.89. The van der Waals surface area contributed by atoms with Crippen molar-refractivity contribution < 1.29 is 19.4 Å². The molecule has 2 N–H and O–H groups in total. The third kappa shape index (κ3) is 0.818. The maximum atomic E-state index is 10.6. The molecule has 0 aromatic rings. The number of esters is 1. The number of carbonyl (C=O) groups is 1. The van der Waals surface area contributed by atoms with E-state index in [0.717, 1.165) is 0 Å². The van der Waals surface area contributed by atoms with Crippen LogP contribution in [0.4, 0.5) is 0 Å². The Bertz CT molecular complexity index is 222. The first-order valence-corrected chi connectivity index (χ1v) is 3.63. The zero-order valence-corrected chi connectivity index (χ0v) is 5.86. The summed E-state index contributed by atoms with van der Waals surface area (Å²) in [6, 6.07) is 0. The molecule has 0 aromatic carbocycles. The highest BCUT2D eigenvalue weighted by Gasteiger charge is 2.57. The Balaban J connectivity index is 2.18. The molecule has 4 nitrogen and oxygen atoms in total. The van der Waals surface area contributed by atoms with Gasteiger partial charge in [-0.2, -0.15) is 0 Å². The fourth-order valence-corrected chi connectivity index (χ4v) is 1.89. The summed E-state index contributed by atoms with van der Waals surface area (Å²) in [6.45, 7) is 0. The van der Waals surface area contributed by atoms with Crippen LogP contribution >= 0.6 is 0 Å². The molecule has 11 heavy (non-hydrogen) atoms. The lowest BCUT2D eigenvalue weighted by Gasteiger charge is -2.10. The van der Waals surface area contributed by atoms with Crippen LogP contribution in [0.3, 0.4) is 0 Å². The van der Waals surface area contributed by atoms with E-state index in [9.17, 15) is 4.79 Å². The Morgan fingerprint density at radius 2 is 2.36 bits per heavy atom. The fraction of sp³-hybridized carbons (Fsp3) is 0.714. The Labute approximate surface area is 63.1 Å². The summed E-state index contributed by atoms with van der Waals surface area (Å²) in [5.41, 5.74) is 0. The Hall–Kier alpha value is -1.06. The summed E-state index contributed by atoms with van der Waals surface area (Å²) in [6.07, 6.45) is 1.16. The van der Waals surface area contributed by atoms with Crippen molar-refractivity contribution >= 4 is 11.9 Å². The minimum Gasteiger partial charge on any atom is -0.481 e. The first-order chi connectivity index (χ1) is 5.18. The molecular weight excluding hydrogens is 148 g/mol. The first kappa shape index (κ1) is 6.64. The molecule has 0 aromatic heterocycles. The quantitative estimate of drug-likeness (QED) is 0.430. The van der Waals surface area contributed by atoms with Crippen molar-refractivity contribution in [2.75, 3.05) is 0 Å². The topological polar surface area (TPSA) is 67.9 Å². The second kappa shape index (κ2) is 1.96. The summed E-state index contributed by atoms with van der Waals surface area (Å²) in [4.78, 5) is 19.6. The molecule has 2 fully saturated rings. The average molecular weight is 157 g/mol. The van der Waals surface area contributed by atoms with Gasteiger partial charge in [-0.3, -0.25) is 4.79 Å². The smallest absolute Gasteiger partial charge is 0.481 e. The van der Waals surface area contributed by atoms with Crippen molar-refractivity contribution in [3.63, 3.8) is 0 Å². The SMILES string of the molecule is O=C(O)C1CC2CC1C(=[OH+])O2. The third-order valence-electron chi connectivity index (χ3n) is 2.44. The summed E-state index contributed by atoms with van der Waals surface area (Å²) in [5.74, 6) is -1.58. The van der Waals surface area contributed by atoms with Crippen molar-refractivity contribution in [3.05, 3.63) is 0 Å². The van der Waals surface area contributed by atoms with Gasteiger partial charge in [-0.05, 0) is 0 Å². The van der Waals surface area contributed by atoms with E-state index >= 15 is 0 Å². The number of rotatable bonds is 1. The lowest BCUT2D eigenvalue weighted by molar-refractivity contribution is -0.143. The second-order valence-corrected chi connectivity index (χ2v) is 3.10. The summed E-state index contributed by atoms with van der Waals surface area (Å²) in [5, 5.41) is 8.67. The van der Waals surface area contributed by atoms with Gasteiger partial charge in [0.2, 0.25) is 0 Å². The number of ether oxygens (including phenoxy) is 1. The molecule has 1 heterocycles. The number of aliphatic carboxylic acids is 1. The molecule has 1 aliphatic heterocycles. The Morgan fingerprint density at radius 1 is 1.64 bits per heavy atom. The van der Waals surface area contributed by atoms with Gasteiger partial charge in [-0.25, -0.2) is 0 Å². The van der Waals surface area contributed by atoms with E-state index in [1.54, 1.807) is 0 Å². The molecule has 0 radical (unpaired) electrons. The number of hydrogen-bond donors (Lipinski definition) is 1. The number of hydrogen-bond acceptors (Lipinski definition) is 2. The van der Waals surface area contributed by atoms with Crippen LogP contribution in [0.15, 0.2) is 0 Å². The predicted molar refractivity (Wildman–Crippen MR) is 35.7 cm³/mol. The van der Waals surface area contributed by atoms with Gasteiger partial charge in [0, 0.05) is 12.8 Å². The van der Waals surface area contributed by atoms with Gasteiger partial charge < -0.3 is 14.6 Å². The summed E-state index contributed by atoms with van der Waals surface area (Å²) >= 11 is 0. The number of fused-ring (bicyclic) bond motifs is 2. The van der Waals surface area contributed by atoms with Crippen molar-refractivity contribution in [1.29, 1.82) is 0 Å². The van der Waals surface area contributed by atoms with Gasteiger partial charge in [0.1, 0.15) is 5.92 Å². The van der Waals surface area contributed by atoms with Crippen LogP contribution in [0.1, 0.15) is 12.8 Å². The van der Waals surface area contributed by atoms with E-state index < -0.39 is 11.9 Å². The normalized spacial score (nSPS) is 40.7. The maximum Gasteiger partial charge on any atom is 0.487 e. The highest BCUT2D eigenvalue weighted by atomic mass is 16.6. The van der Waals surface area contributed by atoms with E-state index in [1.165, 1.54) is 0 Å². The molecule has 1 saturated carbocycles. The van der Waals surface area contributed by atoms with Crippen LogP contribution in [0.2, 0.25) is 0 Å². The number of carbonyl (C=O) groups excluding carboxylic acids is 1. The molecule has 2 rings (SSSR count). The largest absolute Gasteiger partial charge is 0.487 e. The molecule has 3 atom stereocenters. The van der Waals surface area contributed by atoms with Gasteiger partial charge in [-0.15, -0.1) is 0 Å². The lowest BCUT2D eigenvalue weighted by atomic mass is 9.96. The van der Waals surface area contributed by atoms with Crippen molar-refractivity contribution in [2.45, 2.75) is 18.9 Å².